The van der Waals surface area contributed by atoms with Crippen LogP contribution >= 0.6 is 11.6 Å². The van der Waals surface area contributed by atoms with Crippen LogP contribution in [-0.2, 0) is 6.54 Å². The number of halogens is 2. The zero-order chi connectivity index (χ0) is 19.5. The molecule has 2 nitrogen and oxygen atoms in total. The molecule has 0 fully saturated rings. The molecule has 4 aromatic rings. The fourth-order valence-corrected chi connectivity index (χ4v) is 3.44. The normalized spacial score (nSPS) is 11.5. The molecule has 3 aromatic carbocycles. The van der Waals surface area contributed by atoms with E-state index in [1.165, 1.54) is 6.07 Å². The molecule has 4 rings (SSSR count). The highest BCUT2D eigenvalue weighted by Crippen LogP contribution is 2.27. The molecular formula is C24H16ClFN2. The lowest BCUT2D eigenvalue weighted by Gasteiger charge is -2.05. The SMILES string of the molecule is N#CC(=Cc1cn(Cc2ccc(Cl)cc2)c2ccccc12)c1ccccc1F. The predicted molar refractivity (Wildman–Crippen MR) is 112 cm³/mol. The second kappa shape index (κ2) is 7.72. The summed E-state index contributed by atoms with van der Waals surface area (Å²) in [6.45, 7) is 0.674. The molecule has 136 valence electrons. The summed E-state index contributed by atoms with van der Waals surface area (Å²) in [5, 5.41) is 11.3. The lowest BCUT2D eigenvalue weighted by atomic mass is 10.0. The first-order valence-electron chi connectivity index (χ1n) is 8.85. The molecular weight excluding hydrogens is 371 g/mol. The number of fused-ring (bicyclic) bond motifs is 1. The highest BCUT2D eigenvalue weighted by atomic mass is 35.5. The second-order valence-electron chi connectivity index (χ2n) is 6.51. The number of rotatable bonds is 4. The first-order chi connectivity index (χ1) is 13.7. The van der Waals surface area contributed by atoms with E-state index >= 15 is 0 Å². The molecule has 0 aliphatic carbocycles. The quantitative estimate of drug-likeness (QED) is 0.366. The van der Waals surface area contributed by atoms with Crippen LogP contribution in [0, 0.1) is 17.1 Å². The van der Waals surface area contributed by atoms with Gasteiger partial charge in [0, 0.05) is 39.8 Å². The molecule has 0 unspecified atom stereocenters. The van der Waals surface area contributed by atoms with Crippen molar-refractivity contribution in [1.82, 2.24) is 4.57 Å². The summed E-state index contributed by atoms with van der Waals surface area (Å²) in [4.78, 5) is 0. The Bertz CT molecular complexity index is 1210. The van der Waals surface area contributed by atoms with Crippen molar-refractivity contribution in [3.8, 4) is 6.07 Å². The Labute approximate surface area is 167 Å². The Morgan fingerprint density at radius 2 is 1.71 bits per heavy atom. The minimum atomic E-state index is -0.403. The fraction of sp³-hybridized carbons (Fsp3) is 0.0417. The Morgan fingerprint density at radius 1 is 1.00 bits per heavy atom. The third kappa shape index (κ3) is 3.55. The number of nitrogens with zero attached hydrogens (tertiary/aromatic N) is 2. The Kier molecular flexibility index (Phi) is 4.97. The first kappa shape index (κ1) is 18.0. The van der Waals surface area contributed by atoms with Crippen LogP contribution in [0.4, 0.5) is 4.39 Å². The van der Waals surface area contributed by atoms with Crippen molar-refractivity contribution >= 4 is 34.2 Å². The molecule has 0 radical (unpaired) electrons. The molecule has 0 aliphatic heterocycles. The van der Waals surface area contributed by atoms with Crippen LogP contribution in [0.3, 0.4) is 0 Å². The topological polar surface area (TPSA) is 28.7 Å². The van der Waals surface area contributed by atoms with Gasteiger partial charge in [0.2, 0.25) is 0 Å². The molecule has 28 heavy (non-hydrogen) atoms. The zero-order valence-electron chi connectivity index (χ0n) is 14.9. The number of allylic oxidation sites excluding steroid dienone is 1. The van der Waals surface area contributed by atoms with Crippen LogP contribution in [0.1, 0.15) is 16.7 Å². The van der Waals surface area contributed by atoms with Gasteiger partial charge in [-0.3, -0.25) is 0 Å². The molecule has 0 aliphatic rings. The van der Waals surface area contributed by atoms with Gasteiger partial charge in [0.1, 0.15) is 5.82 Å². The maximum atomic E-state index is 14.2. The highest BCUT2D eigenvalue weighted by Gasteiger charge is 2.11. The van der Waals surface area contributed by atoms with Gasteiger partial charge < -0.3 is 4.57 Å². The maximum absolute atomic E-state index is 14.2. The smallest absolute Gasteiger partial charge is 0.131 e. The number of hydrogen-bond acceptors (Lipinski definition) is 1. The van der Waals surface area contributed by atoms with Gasteiger partial charge in [0.15, 0.2) is 0 Å². The third-order valence-corrected chi connectivity index (χ3v) is 4.92. The second-order valence-corrected chi connectivity index (χ2v) is 6.94. The number of para-hydroxylation sites is 1. The monoisotopic (exact) mass is 386 g/mol. The van der Waals surface area contributed by atoms with Crippen LogP contribution < -0.4 is 0 Å². The summed E-state index contributed by atoms with van der Waals surface area (Å²) >= 11 is 5.98. The van der Waals surface area contributed by atoms with Gasteiger partial charge in [-0.15, -0.1) is 0 Å². The van der Waals surface area contributed by atoms with Gasteiger partial charge in [-0.2, -0.15) is 5.26 Å². The molecule has 0 saturated heterocycles. The number of hydrogen-bond donors (Lipinski definition) is 0. The summed E-state index contributed by atoms with van der Waals surface area (Å²) in [6, 6.07) is 24.2. The van der Waals surface area contributed by atoms with E-state index in [2.05, 4.69) is 10.6 Å². The van der Waals surface area contributed by atoms with E-state index in [0.29, 0.717) is 22.7 Å². The van der Waals surface area contributed by atoms with E-state index in [-0.39, 0.29) is 0 Å². The molecule has 0 amide bonds. The average Bonchev–Trinajstić information content (AvgIpc) is 3.06. The van der Waals surface area contributed by atoms with E-state index in [9.17, 15) is 9.65 Å². The summed E-state index contributed by atoms with van der Waals surface area (Å²) < 4.78 is 16.3. The van der Waals surface area contributed by atoms with Crippen molar-refractivity contribution in [3.63, 3.8) is 0 Å². The van der Waals surface area contributed by atoms with Gasteiger partial charge in [0.25, 0.3) is 0 Å². The van der Waals surface area contributed by atoms with Gasteiger partial charge in [-0.05, 0) is 35.9 Å². The zero-order valence-corrected chi connectivity index (χ0v) is 15.7. The first-order valence-corrected chi connectivity index (χ1v) is 9.22. The molecule has 1 aromatic heterocycles. The van der Waals surface area contributed by atoms with E-state index < -0.39 is 5.82 Å². The summed E-state index contributed by atoms with van der Waals surface area (Å²) in [6.07, 6.45) is 3.75. The van der Waals surface area contributed by atoms with Gasteiger partial charge in [-0.1, -0.05) is 60.1 Å². The van der Waals surface area contributed by atoms with Crippen molar-refractivity contribution in [2.45, 2.75) is 6.54 Å². The summed E-state index contributed by atoms with van der Waals surface area (Å²) in [7, 11) is 0. The van der Waals surface area contributed by atoms with Crippen molar-refractivity contribution in [1.29, 1.82) is 5.26 Å². The molecule has 0 bridgehead atoms. The largest absolute Gasteiger partial charge is 0.342 e. The van der Waals surface area contributed by atoms with Crippen molar-refractivity contribution in [2.75, 3.05) is 0 Å². The van der Waals surface area contributed by atoms with Crippen molar-refractivity contribution in [3.05, 3.63) is 107 Å². The van der Waals surface area contributed by atoms with Crippen LogP contribution in [-0.4, -0.2) is 4.57 Å². The van der Waals surface area contributed by atoms with Crippen molar-refractivity contribution in [2.24, 2.45) is 0 Å². The fourth-order valence-electron chi connectivity index (χ4n) is 3.31. The van der Waals surface area contributed by atoms with E-state index in [0.717, 1.165) is 22.0 Å². The molecule has 1 heterocycles. The lowest BCUT2D eigenvalue weighted by Crippen LogP contribution is -1.97. The highest BCUT2D eigenvalue weighted by molar-refractivity contribution is 6.30. The standard InChI is InChI=1S/C24H16ClFN2/c25-20-11-9-17(10-12-20)15-28-16-19(22-6-2-4-8-24(22)28)13-18(14-27)21-5-1-3-7-23(21)26/h1-13,16H,15H2. The van der Waals surface area contributed by atoms with Crippen molar-refractivity contribution < 1.29 is 4.39 Å². The van der Waals surface area contributed by atoms with E-state index in [1.54, 1.807) is 24.3 Å². The van der Waals surface area contributed by atoms with Crippen LogP contribution in [0.5, 0.6) is 0 Å². The van der Waals surface area contributed by atoms with Crippen LogP contribution in [0.15, 0.2) is 79.0 Å². The van der Waals surface area contributed by atoms with E-state index in [1.807, 2.05) is 54.7 Å². The lowest BCUT2D eigenvalue weighted by molar-refractivity contribution is 0.624. The Hall–Kier alpha value is -3.35. The third-order valence-electron chi connectivity index (χ3n) is 4.67. The minimum Gasteiger partial charge on any atom is -0.342 e. The van der Waals surface area contributed by atoms with Gasteiger partial charge in [0.05, 0.1) is 11.6 Å². The maximum Gasteiger partial charge on any atom is 0.131 e. The van der Waals surface area contributed by atoms with Crippen LogP contribution in [0.25, 0.3) is 22.6 Å². The molecule has 4 heteroatoms. The number of nitriles is 1. The van der Waals surface area contributed by atoms with E-state index in [4.69, 9.17) is 11.6 Å². The Morgan fingerprint density at radius 3 is 2.46 bits per heavy atom. The van der Waals surface area contributed by atoms with Crippen LogP contribution in [0.2, 0.25) is 5.02 Å². The predicted octanol–water partition coefficient (Wildman–Crippen LogP) is 6.55. The number of benzene rings is 3. The summed E-state index contributed by atoms with van der Waals surface area (Å²) in [5.41, 5.74) is 3.65. The summed E-state index contributed by atoms with van der Waals surface area (Å²) in [5.74, 6) is -0.403. The van der Waals surface area contributed by atoms with Gasteiger partial charge >= 0.3 is 0 Å². The Balaban J connectivity index is 1.81. The number of aromatic nitrogens is 1. The molecule has 0 N–H and O–H groups in total. The molecule has 0 saturated carbocycles. The van der Waals surface area contributed by atoms with Gasteiger partial charge in [-0.25, -0.2) is 4.39 Å². The average molecular weight is 387 g/mol. The molecule has 0 atom stereocenters. The minimum absolute atomic E-state index is 0.299. The molecule has 0 spiro atoms.